The predicted molar refractivity (Wildman–Crippen MR) is 161 cm³/mol. The van der Waals surface area contributed by atoms with Crippen molar-refractivity contribution < 1.29 is 0 Å². The van der Waals surface area contributed by atoms with Crippen LogP contribution in [-0.2, 0) is 0 Å². The van der Waals surface area contributed by atoms with Crippen LogP contribution in [-0.4, -0.2) is 80.9 Å². The van der Waals surface area contributed by atoms with Crippen molar-refractivity contribution in [2.24, 2.45) is 0 Å². The average molecular weight is 1080 g/mol. The average Bonchev–Trinajstić information content (AvgIpc) is 2.94. The number of benzene rings is 3. The first-order valence-corrected chi connectivity index (χ1v) is 34.8. The van der Waals surface area contributed by atoms with Crippen molar-refractivity contribution in [3.8, 4) is 0 Å². The predicted octanol–water partition coefficient (Wildman–Crippen LogP) is 3.63. The van der Waals surface area contributed by atoms with Crippen molar-refractivity contribution in [1.82, 2.24) is 15.0 Å². The van der Waals surface area contributed by atoms with Gasteiger partial charge in [0.2, 0.25) is 0 Å². The van der Waals surface area contributed by atoms with E-state index in [4.69, 9.17) is 15.0 Å². The summed E-state index contributed by atoms with van der Waals surface area (Å²) in [5, 5.41) is 4.02. The molecule has 0 unspecified atom stereocenters. The number of rotatable bonds is 6. The SMILES string of the molecule is Cc1cc[c]([Po][Al]([Po][c]2ccc(C)c3cccnc23)[Po][c]2ccc(C)c3cccnc23)c2ncccc12. The zero-order chi connectivity index (χ0) is 25.4. The van der Waals surface area contributed by atoms with E-state index >= 15 is 0 Å². The van der Waals surface area contributed by atoms with Gasteiger partial charge in [0.05, 0.1) is 0 Å². The first-order valence-electron chi connectivity index (χ1n) is 12.1. The molecule has 0 aliphatic carbocycles. The summed E-state index contributed by atoms with van der Waals surface area (Å²) in [6.07, 6.45) is 5.94. The molecule has 3 aromatic carbocycles. The zero-order valence-corrected chi connectivity index (χ0v) is 31.5. The maximum absolute atomic E-state index is 4.91. The summed E-state index contributed by atoms with van der Waals surface area (Å²) in [5.41, 5.74) is 7.85. The van der Waals surface area contributed by atoms with E-state index in [1.807, 2.05) is 18.6 Å². The molecule has 37 heavy (non-hydrogen) atoms. The Kier molecular flexibility index (Phi) is 8.32. The summed E-state index contributed by atoms with van der Waals surface area (Å²) in [7, 11) is 0. The van der Waals surface area contributed by atoms with Crippen molar-refractivity contribution in [3.63, 3.8) is 0 Å². The Morgan fingerprint density at radius 1 is 0.459 bits per heavy atom. The van der Waals surface area contributed by atoms with Gasteiger partial charge >= 0.3 is 252 Å². The van der Waals surface area contributed by atoms with Crippen LogP contribution in [0.3, 0.4) is 0 Å². The second-order valence-corrected chi connectivity index (χ2v) is 89.5. The van der Waals surface area contributed by atoms with Gasteiger partial charge < -0.3 is 0 Å². The van der Waals surface area contributed by atoms with Gasteiger partial charge in [0.25, 0.3) is 0 Å². The number of aryl methyl sites for hydroxylation is 3. The van der Waals surface area contributed by atoms with Crippen LogP contribution in [0.25, 0.3) is 32.7 Å². The van der Waals surface area contributed by atoms with E-state index < -0.39 is 65.9 Å². The first kappa shape index (κ1) is 26.3. The third kappa shape index (κ3) is 5.57. The fraction of sp³-hybridized carbons (Fsp3) is 0.100. The van der Waals surface area contributed by atoms with Crippen LogP contribution in [0.5, 0.6) is 0 Å². The van der Waals surface area contributed by atoms with Gasteiger partial charge in [-0.25, -0.2) is 0 Å². The topological polar surface area (TPSA) is 38.7 Å². The molecule has 0 aliphatic heterocycles. The van der Waals surface area contributed by atoms with Crippen molar-refractivity contribution in [2.75, 3.05) is 0 Å². The molecule has 0 spiro atoms. The normalized spacial score (nSPS) is 11.4. The molecule has 6 rings (SSSR count). The Balaban J connectivity index is 1.45. The molecule has 0 fully saturated rings. The third-order valence-electron chi connectivity index (χ3n) is 6.52. The van der Waals surface area contributed by atoms with Crippen LogP contribution >= 0.6 is 0 Å². The molecule has 0 N–H and O–H groups in total. The van der Waals surface area contributed by atoms with Crippen LogP contribution in [0, 0.1) is 20.8 Å². The molecule has 0 aliphatic rings. The molecule has 0 amide bonds. The number of fused-ring (bicyclic) bond motifs is 3. The van der Waals surface area contributed by atoms with Crippen molar-refractivity contribution in [3.05, 3.63) is 108 Å². The second kappa shape index (κ2) is 11.7. The quantitative estimate of drug-likeness (QED) is 0.240. The third-order valence-corrected chi connectivity index (χ3v) is 86.4. The standard InChI is InChI=1S/3C10H8N.Al.3Po/c3*1-8-4-2-6-10-9(8)5-3-7-11-10;;;;/h3*2-5,7H,1H3;;;;. The molecule has 6 aromatic rings. The Morgan fingerprint density at radius 2 is 0.784 bits per heavy atom. The summed E-state index contributed by atoms with van der Waals surface area (Å²) in [6.45, 7) is 6.65. The summed E-state index contributed by atoms with van der Waals surface area (Å²) >= 11 is -2.20. The van der Waals surface area contributed by atoms with Gasteiger partial charge in [0, 0.05) is 0 Å². The van der Waals surface area contributed by atoms with Gasteiger partial charge in [-0.15, -0.1) is 0 Å². The van der Waals surface area contributed by atoms with E-state index in [1.165, 1.54) is 49.4 Å². The van der Waals surface area contributed by atoms with E-state index in [-0.39, 0.29) is 0 Å². The number of hydrogen-bond acceptors (Lipinski definition) is 3. The van der Waals surface area contributed by atoms with Gasteiger partial charge in [-0.05, 0) is 0 Å². The maximum atomic E-state index is 4.91. The Hall–Kier alpha value is -0.889. The van der Waals surface area contributed by atoms with E-state index in [2.05, 4.69) is 93.6 Å². The second-order valence-electron chi connectivity index (χ2n) is 8.98. The van der Waals surface area contributed by atoms with Crippen LogP contribution in [0.2, 0.25) is 0 Å². The van der Waals surface area contributed by atoms with Gasteiger partial charge in [0.1, 0.15) is 0 Å². The summed E-state index contributed by atoms with van der Waals surface area (Å²) in [4.78, 5) is 14.7. The number of nitrogens with zero attached hydrogens (tertiary/aromatic N) is 3. The molecule has 0 atom stereocenters. The van der Waals surface area contributed by atoms with Gasteiger partial charge in [-0.3, -0.25) is 0 Å². The Bertz CT molecular complexity index is 1570. The molecule has 0 saturated carbocycles. The number of hydrogen-bond donors (Lipinski definition) is 0. The van der Waals surface area contributed by atoms with Crippen molar-refractivity contribution in [1.29, 1.82) is 0 Å². The summed E-state index contributed by atoms with van der Waals surface area (Å²) in [5.74, 6) is 0. The van der Waals surface area contributed by atoms with Gasteiger partial charge in [-0.2, -0.15) is 0 Å². The summed E-state index contributed by atoms with van der Waals surface area (Å²) < 4.78 is 3.95. The molecular formula is C30H24AlN3Po3. The molecule has 3 nitrogen and oxygen atoms in total. The van der Waals surface area contributed by atoms with Crippen molar-refractivity contribution >= 4 is 108 Å². The van der Waals surface area contributed by atoms with Crippen LogP contribution in [0.4, 0.5) is 0 Å². The van der Waals surface area contributed by atoms with E-state index in [0.717, 1.165) is 0 Å². The van der Waals surface area contributed by atoms with E-state index in [9.17, 15) is 0 Å². The molecular weight excluding hydrogens is 1060 g/mol. The van der Waals surface area contributed by atoms with Crippen LogP contribution in [0.1, 0.15) is 16.7 Å². The first-order chi connectivity index (χ1) is 18.1. The Morgan fingerprint density at radius 3 is 1.11 bits per heavy atom. The zero-order valence-electron chi connectivity index (χ0n) is 20.8. The molecule has 3 aromatic heterocycles. The number of aromatic nitrogens is 3. The molecule has 0 bridgehead atoms. The van der Waals surface area contributed by atoms with E-state index in [0.29, 0.717) is 0 Å². The minimum atomic E-state index is -0.903. The summed E-state index contributed by atoms with van der Waals surface area (Å²) in [6, 6.07) is 27.3. The van der Waals surface area contributed by atoms with Crippen LogP contribution < -0.4 is 9.67 Å². The fourth-order valence-corrected chi connectivity index (χ4v) is 103. The molecule has 7 heteroatoms. The molecule has 0 radical (unpaired) electrons. The Labute approximate surface area is 248 Å². The molecule has 0 saturated heterocycles. The molecule has 3 heterocycles. The van der Waals surface area contributed by atoms with Crippen LogP contribution in [0.15, 0.2) is 91.4 Å². The fourth-order valence-electron chi connectivity index (χ4n) is 4.54. The molecule has 180 valence electrons. The monoisotopic (exact) mass is 1080 g/mol. The minimum absolute atomic E-state index is 0.733. The number of pyridine rings is 3. The van der Waals surface area contributed by atoms with Crippen molar-refractivity contribution in [2.45, 2.75) is 20.8 Å². The van der Waals surface area contributed by atoms with Gasteiger partial charge in [0.15, 0.2) is 0 Å². The van der Waals surface area contributed by atoms with Gasteiger partial charge in [-0.1, -0.05) is 0 Å². The van der Waals surface area contributed by atoms with E-state index in [1.54, 1.807) is 9.67 Å².